The van der Waals surface area contributed by atoms with Gasteiger partial charge in [0.25, 0.3) is 0 Å². The smallest absolute Gasteiger partial charge is 0.227 e. The largest absolute Gasteiger partial charge is 0.506 e. The summed E-state index contributed by atoms with van der Waals surface area (Å²) in [6.45, 7) is 4.83. The Hall–Kier alpha value is -3.22. The number of rotatable bonds is 4. The maximum Gasteiger partial charge on any atom is 0.227 e. The Morgan fingerprint density at radius 1 is 1.03 bits per heavy atom. The number of piperazine rings is 1. The van der Waals surface area contributed by atoms with Crippen molar-refractivity contribution in [2.24, 2.45) is 4.99 Å². The summed E-state index contributed by atoms with van der Waals surface area (Å²) in [7, 11) is 1.81. The van der Waals surface area contributed by atoms with Gasteiger partial charge in [-0.05, 0) is 36.2 Å². The molecule has 0 saturated carbocycles. The summed E-state index contributed by atoms with van der Waals surface area (Å²) in [6.07, 6.45) is 1.59. The van der Waals surface area contributed by atoms with Gasteiger partial charge in [-0.3, -0.25) is 9.79 Å². The van der Waals surface area contributed by atoms with Gasteiger partial charge in [-0.25, -0.2) is 0 Å². The van der Waals surface area contributed by atoms with Crippen molar-refractivity contribution in [2.45, 2.75) is 19.4 Å². The van der Waals surface area contributed by atoms with Crippen molar-refractivity contribution in [1.29, 1.82) is 0 Å². The van der Waals surface area contributed by atoms with Gasteiger partial charge in [-0.2, -0.15) is 0 Å². The molecule has 7 nitrogen and oxygen atoms in total. The second-order valence-corrected chi connectivity index (χ2v) is 7.68. The number of hydrogen-bond acceptors (Lipinski definition) is 4. The predicted molar refractivity (Wildman–Crippen MR) is 120 cm³/mol. The minimum atomic E-state index is 0.212. The number of anilines is 2. The lowest BCUT2D eigenvalue weighted by molar-refractivity contribution is -0.117. The van der Waals surface area contributed by atoms with Gasteiger partial charge < -0.3 is 25.1 Å². The molecule has 1 amide bonds. The Kier molecular flexibility index (Phi) is 6.07. The summed E-state index contributed by atoms with van der Waals surface area (Å²) < 4.78 is 0. The van der Waals surface area contributed by atoms with Gasteiger partial charge in [0.05, 0.1) is 5.69 Å². The topological polar surface area (TPSA) is 71.4 Å². The van der Waals surface area contributed by atoms with Crippen LogP contribution in [0.5, 0.6) is 5.75 Å². The zero-order valence-electron chi connectivity index (χ0n) is 17.4. The van der Waals surface area contributed by atoms with Crippen molar-refractivity contribution >= 4 is 23.2 Å². The van der Waals surface area contributed by atoms with Crippen molar-refractivity contribution < 1.29 is 9.90 Å². The molecule has 7 heteroatoms. The Bertz CT molecular complexity index is 904. The molecule has 2 aromatic rings. The third-order valence-corrected chi connectivity index (χ3v) is 5.79. The highest BCUT2D eigenvalue weighted by molar-refractivity contribution is 5.95. The number of aliphatic imine (C=N–C) groups is 1. The fraction of sp³-hybridized carbons (Fsp3) is 0.391. The number of para-hydroxylation sites is 2. The number of benzene rings is 2. The normalized spacial score (nSPS) is 17.6. The molecule has 2 aromatic carbocycles. The van der Waals surface area contributed by atoms with Crippen LogP contribution in [0, 0.1) is 0 Å². The van der Waals surface area contributed by atoms with E-state index in [-0.39, 0.29) is 5.91 Å². The lowest BCUT2D eigenvalue weighted by atomic mass is 10.2. The average molecular weight is 408 g/mol. The third kappa shape index (κ3) is 4.35. The summed E-state index contributed by atoms with van der Waals surface area (Å²) >= 11 is 0. The Morgan fingerprint density at radius 3 is 2.40 bits per heavy atom. The van der Waals surface area contributed by atoms with Crippen molar-refractivity contribution in [3.8, 4) is 5.75 Å². The van der Waals surface area contributed by atoms with Gasteiger partial charge in [0, 0.05) is 58.4 Å². The molecule has 2 heterocycles. The number of amides is 1. The molecule has 0 spiro atoms. The maximum atomic E-state index is 11.9. The minimum Gasteiger partial charge on any atom is -0.506 e. The van der Waals surface area contributed by atoms with Crippen molar-refractivity contribution in [3.05, 3.63) is 54.1 Å². The standard InChI is InChI=1S/C23H29N5O2/c1-24-23(27-15-13-26(14-16-27)20-5-2-3-6-21(20)29)25-17-18-8-10-19(11-9-18)28-12-4-7-22(28)30/h2-3,5-6,8-11,29H,4,7,12-17H2,1H3,(H,24,25). The molecule has 4 rings (SSSR count). The first kappa shape index (κ1) is 20.1. The molecule has 158 valence electrons. The monoisotopic (exact) mass is 407 g/mol. The van der Waals surface area contributed by atoms with Gasteiger partial charge in [-0.15, -0.1) is 0 Å². The first-order valence-corrected chi connectivity index (χ1v) is 10.5. The number of hydrogen-bond donors (Lipinski definition) is 2. The first-order valence-electron chi connectivity index (χ1n) is 10.5. The van der Waals surface area contributed by atoms with Crippen LogP contribution < -0.4 is 15.1 Å². The van der Waals surface area contributed by atoms with Crippen molar-refractivity contribution in [3.63, 3.8) is 0 Å². The van der Waals surface area contributed by atoms with E-state index in [2.05, 4.69) is 32.2 Å². The fourth-order valence-electron chi connectivity index (χ4n) is 4.12. The molecule has 2 fully saturated rings. The van der Waals surface area contributed by atoms with Gasteiger partial charge in [0.15, 0.2) is 5.96 Å². The number of carbonyl (C=O) groups is 1. The van der Waals surface area contributed by atoms with Crippen LogP contribution >= 0.6 is 0 Å². The SMILES string of the molecule is CN=C(NCc1ccc(N2CCCC2=O)cc1)N1CCN(c2ccccc2O)CC1. The lowest BCUT2D eigenvalue weighted by Crippen LogP contribution is -2.52. The molecule has 2 N–H and O–H groups in total. The molecular formula is C23H29N5O2. The van der Waals surface area contributed by atoms with E-state index >= 15 is 0 Å². The molecule has 0 unspecified atom stereocenters. The zero-order chi connectivity index (χ0) is 20.9. The highest BCUT2D eigenvalue weighted by Gasteiger charge is 2.22. The van der Waals surface area contributed by atoms with E-state index in [0.717, 1.165) is 62.0 Å². The van der Waals surface area contributed by atoms with Gasteiger partial charge in [-0.1, -0.05) is 24.3 Å². The van der Waals surface area contributed by atoms with Crippen LogP contribution in [0.1, 0.15) is 18.4 Å². The maximum absolute atomic E-state index is 11.9. The molecule has 0 aliphatic carbocycles. The van der Waals surface area contributed by atoms with Crippen LogP contribution in [0.15, 0.2) is 53.5 Å². The second kappa shape index (κ2) is 9.07. The van der Waals surface area contributed by atoms with E-state index in [0.29, 0.717) is 18.7 Å². The number of aromatic hydroxyl groups is 1. The zero-order valence-corrected chi connectivity index (χ0v) is 17.4. The Balaban J connectivity index is 1.30. The molecular weight excluding hydrogens is 378 g/mol. The van der Waals surface area contributed by atoms with Crippen LogP contribution in [-0.2, 0) is 11.3 Å². The number of guanidine groups is 1. The highest BCUT2D eigenvalue weighted by Crippen LogP contribution is 2.27. The Morgan fingerprint density at radius 2 is 1.77 bits per heavy atom. The summed E-state index contributed by atoms with van der Waals surface area (Å²) in [4.78, 5) is 22.7. The van der Waals surface area contributed by atoms with Crippen molar-refractivity contribution in [2.75, 3.05) is 49.6 Å². The summed E-state index contributed by atoms with van der Waals surface area (Å²) in [5.41, 5.74) is 3.02. The van der Waals surface area contributed by atoms with Crippen LogP contribution in [0.2, 0.25) is 0 Å². The Labute approximate surface area is 177 Å². The second-order valence-electron chi connectivity index (χ2n) is 7.68. The molecule has 0 atom stereocenters. The third-order valence-electron chi connectivity index (χ3n) is 5.79. The molecule has 2 saturated heterocycles. The predicted octanol–water partition coefficient (Wildman–Crippen LogP) is 2.42. The summed E-state index contributed by atoms with van der Waals surface area (Å²) in [5.74, 6) is 1.42. The molecule has 0 bridgehead atoms. The number of nitrogens with one attached hydrogen (secondary N) is 1. The molecule has 0 aromatic heterocycles. The van der Waals surface area contributed by atoms with E-state index in [1.165, 1.54) is 0 Å². The van der Waals surface area contributed by atoms with Crippen LogP contribution in [0.4, 0.5) is 11.4 Å². The number of nitrogens with zero attached hydrogens (tertiary/aromatic N) is 4. The highest BCUT2D eigenvalue weighted by atomic mass is 16.3. The first-order chi connectivity index (χ1) is 14.7. The van der Waals surface area contributed by atoms with E-state index in [1.54, 1.807) is 13.1 Å². The van der Waals surface area contributed by atoms with E-state index in [4.69, 9.17) is 0 Å². The number of carbonyl (C=O) groups excluding carboxylic acids is 1. The lowest BCUT2D eigenvalue weighted by Gasteiger charge is -2.37. The van der Waals surface area contributed by atoms with Gasteiger partial charge in [0.2, 0.25) is 5.91 Å². The quantitative estimate of drug-likeness (QED) is 0.602. The average Bonchev–Trinajstić information content (AvgIpc) is 3.21. The number of phenols is 1. The summed E-state index contributed by atoms with van der Waals surface area (Å²) in [5, 5.41) is 13.5. The molecule has 0 radical (unpaired) electrons. The van der Waals surface area contributed by atoms with Crippen LogP contribution in [0.25, 0.3) is 0 Å². The molecule has 30 heavy (non-hydrogen) atoms. The van der Waals surface area contributed by atoms with Crippen LogP contribution in [0.3, 0.4) is 0 Å². The number of phenolic OH excluding ortho intramolecular Hbond substituents is 1. The van der Waals surface area contributed by atoms with Crippen molar-refractivity contribution in [1.82, 2.24) is 10.2 Å². The molecule has 2 aliphatic heterocycles. The van der Waals surface area contributed by atoms with Crippen LogP contribution in [-0.4, -0.2) is 61.6 Å². The van der Waals surface area contributed by atoms with E-state index in [9.17, 15) is 9.90 Å². The fourth-order valence-corrected chi connectivity index (χ4v) is 4.12. The minimum absolute atomic E-state index is 0.212. The van der Waals surface area contributed by atoms with Gasteiger partial charge in [0.1, 0.15) is 5.75 Å². The summed E-state index contributed by atoms with van der Waals surface area (Å²) in [6, 6.07) is 15.7. The van der Waals surface area contributed by atoms with E-state index < -0.39 is 0 Å². The van der Waals surface area contributed by atoms with Gasteiger partial charge >= 0.3 is 0 Å². The van der Waals surface area contributed by atoms with E-state index in [1.807, 2.05) is 35.2 Å². The molecule has 2 aliphatic rings.